The molecular formula is C26H35N5O3. The Hall–Kier alpha value is -3.26. The minimum absolute atomic E-state index is 0.00666. The molecule has 3 rings (SSSR count). The third kappa shape index (κ3) is 7.12. The molecule has 3 amide bonds. The summed E-state index contributed by atoms with van der Waals surface area (Å²) in [5.74, 6) is -0.384. The number of pyridine rings is 1. The summed E-state index contributed by atoms with van der Waals surface area (Å²) < 4.78 is 0. The summed E-state index contributed by atoms with van der Waals surface area (Å²) in [5.41, 5.74) is 1.50. The average molecular weight is 466 g/mol. The van der Waals surface area contributed by atoms with E-state index in [9.17, 15) is 14.4 Å². The van der Waals surface area contributed by atoms with Crippen LogP contribution in [0.5, 0.6) is 0 Å². The number of nitrogens with one attached hydrogen (secondary N) is 2. The van der Waals surface area contributed by atoms with Gasteiger partial charge in [0.15, 0.2) is 0 Å². The van der Waals surface area contributed by atoms with E-state index in [1.54, 1.807) is 47.5 Å². The van der Waals surface area contributed by atoms with Gasteiger partial charge in [-0.2, -0.15) is 0 Å². The number of likely N-dealkylation sites (tertiary alicyclic amines) is 1. The SMILES string of the molecule is CN(C)CC(C)(C)CNC(=O)C1CCN(C(=O)c2cccc(NC(=O)c3cccnc3)c2)CC1. The van der Waals surface area contributed by atoms with E-state index < -0.39 is 0 Å². The number of hydrogen-bond acceptors (Lipinski definition) is 5. The molecule has 1 aromatic carbocycles. The molecule has 0 spiro atoms. The molecule has 1 aliphatic rings. The quantitative estimate of drug-likeness (QED) is 0.625. The predicted molar refractivity (Wildman–Crippen MR) is 133 cm³/mol. The predicted octanol–water partition coefficient (Wildman–Crippen LogP) is 2.89. The standard InChI is InChI=1S/C26H35N5O3/c1-26(2,18-30(3)4)17-28-23(32)19-10-13-31(14-11-19)25(34)20-7-5-9-22(15-20)29-24(33)21-8-6-12-27-16-21/h5-9,12,15-16,19H,10-11,13-14,17-18H2,1-4H3,(H,28,32)(H,29,33). The zero-order valence-corrected chi connectivity index (χ0v) is 20.5. The smallest absolute Gasteiger partial charge is 0.257 e. The topological polar surface area (TPSA) is 94.6 Å². The fourth-order valence-electron chi connectivity index (χ4n) is 4.34. The van der Waals surface area contributed by atoms with Gasteiger partial charge in [0, 0.05) is 55.7 Å². The Morgan fingerprint density at radius 1 is 1.09 bits per heavy atom. The van der Waals surface area contributed by atoms with Gasteiger partial charge in [-0.05, 0) is 62.7 Å². The van der Waals surface area contributed by atoms with Crippen molar-refractivity contribution in [2.75, 3.05) is 45.6 Å². The molecule has 8 nitrogen and oxygen atoms in total. The summed E-state index contributed by atoms with van der Waals surface area (Å²) in [4.78, 5) is 45.9. The Morgan fingerprint density at radius 3 is 2.44 bits per heavy atom. The molecule has 1 fully saturated rings. The van der Waals surface area contributed by atoms with Gasteiger partial charge in [-0.25, -0.2) is 0 Å². The van der Waals surface area contributed by atoms with Gasteiger partial charge in [-0.3, -0.25) is 19.4 Å². The van der Waals surface area contributed by atoms with Gasteiger partial charge in [0.1, 0.15) is 0 Å². The van der Waals surface area contributed by atoms with Crippen molar-refractivity contribution in [3.8, 4) is 0 Å². The molecule has 0 unspecified atom stereocenters. The maximum Gasteiger partial charge on any atom is 0.257 e. The van der Waals surface area contributed by atoms with Crippen LogP contribution in [0.1, 0.15) is 47.4 Å². The van der Waals surface area contributed by atoms with Crippen LogP contribution in [-0.2, 0) is 4.79 Å². The zero-order chi connectivity index (χ0) is 24.7. The Kier molecular flexibility index (Phi) is 8.39. The van der Waals surface area contributed by atoms with Crippen LogP contribution in [0.25, 0.3) is 0 Å². The van der Waals surface area contributed by atoms with Gasteiger partial charge in [-0.1, -0.05) is 19.9 Å². The van der Waals surface area contributed by atoms with E-state index >= 15 is 0 Å². The van der Waals surface area contributed by atoms with E-state index in [2.05, 4.69) is 34.4 Å². The number of nitrogens with zero attached hydrogens (tertiary/aromatic N) is 3. The highest BCUT2D eigenvalue weighted by molar-refractivity contribution is 6.05. The molecule has 0 radical (unpaired) electrons. The lowest BCUT2D eigenvalue weighted by molar-refractivity contribution is -0.126. The van der Waals surface area contributed by atoms with Crippen molar-refractivity contribution < 1.29 is 14.4 Å². The van der Waals surface area contributed by atoms with Crippen LogP contribution in [-0.4, -0.2) is 72.8 Å². The first-order chi connectivity index (χ1) is 16.1. The number of carbonyl (C=O) groups is 3. The molecule has 0 aliphatic carbocycles. The maximum atomic E-state index is 13.0. The fraction of sp³-hybridized carbons (Fsp3) is 0.462. The molecular weight excluding hydrogens is 430 g/mol. The van der Waals surface area contributed by atoms with E-state index in [1.165, 1.54) is 6.20 Å². The number of anilines is 1. The molecule has 1 aromatic heterocycles. The summed E-state index contributed by atoms with van der Waals surface area (Å²) in [5, 5.41) is 5.91. The molecule has 2 N–H and O–H groups in total. The van der Waals surface area contributed by atoms with Crippen molar-refractivity contribution >= 4 is 23.4 Å². The van der Waals surface area contributed by atoms with E-state index in [0.717, 1.165) is 6.54 Å². The summed E-state index contributed by atoms with van der Waals surface area (Å²) in [6.07, 6.45) is 4.38. The monoisotopic (exact) mass is 465 g/mol. The maximum absolute atomic E-state index is 13.0. The first-order valence-electron chi connectivity index (χ1n) is 11.7. The van der Waals surface area contributed by atoms with E-state index in [-0.39, 0.29) is 29.1 Å². The highest BCUT2D eigenvalue weighted by Gasteiger charge is 2.29. The molecule has 2 heterocycles. The Balaban J connectivity index is 1.52. The summed E-state index contributed by atoms with van der Waals surface area (Å²) in [6.45, 7) is 6.86. The van der Waals surface area contributed by atoms with Crippen LogP contribution in [0.2, 0.25) is 0 Å². The molecule has 0 saturated carbocycles. The highest BCUT2D eigenvalue weighted by atomic mass is 16.2. The number of benzene rings is 1. The van der Waals surface area contributed by atoms with Gasteiger partial charge in [-0.15, -0.1) is 0 Å². The summed E-state index contributed by atoms with van der Waals surface area (Å²) >= 11 is 0. The second kappa shape index (κ2) is 11.2. The number of rotatable bonds is 8. The van der Waals surface area contributed by atoms with Crippen LogP contribution in [0.3, 0.4) is 0 Å². The Labute approximate surface area is 201 Å². The molecule has 34 heavy (non-hydrogen) atoms. The van der Waals surface area contributed by atoms with Gasteiger partial charge >= 0.3 is 0 Å². The van der Waals surface area contributed by atoms with Gasteiger partial charge < -0.3 is 20.4 Å². The lowest BCUT2D eigenvalue weighted by Crippen LogP contribution is -2.46. The molecule has 2 aromatic rings. The minimum atomic E-state index is -0.279. The molecule has 182 valence electrons. The first kappa shape index (κ1) is 25.4. The summed E-state index contributed by atoms with van der Waals surface area (Å²) in [7, 11) is 4.06. The first-order valence-corrected chi connectivity index (χ1v) is 11.7. The zero-order valence-electron chi connectivity index (χ0n) is 20.5. The number of piperidine rings is 1. The second-order valence-electron chi connectivity index (χ2n) is 9.96. The van der Waals surface area contributed by atoms with Gasteiger partial charge in [0.05, 0.1) is 5.56 Å². The summed E-state index contributed by atoms with van der Waals surface area (Å²) in [6, 6.07) is 10.3. The van der Waals surface area contributed by atoms with Crippen LogP contribution in [0, 0.1) is 11.3 Å². The third-order valence-corrected chi connectivity index (χ3v) is 5.93. The highest BCUT2D eigenvalue weighted by Crippen LogP contribution is 2.22. The largest absolute Gasteiger partial charge is 0.355 e. The third-order valence-electron chi connectivity index (χ3n) is 5.93. The lowest BCUT2D eigenvalue weighted by atomic mass is 9.91. The Morgan fingerprint density at radius 2 is 1.79 bits per heavy atom. The van der Waals surface area contributed by atoms with Gasteiger partial charge in [0.2, 0.25) is 5.91 Å². The number of carbonyl (C=O) groups excluding carboxylic acids is 3. The van der Waals surface area contributed by atoms with Crippen LogP contribution in [0.4, 0.5) is 5.69 Å². The molecule has 1 aliphatic heterocycles. The number of aromatic nitrogens is 1. The normalized spacial score (nSPS) is 14.7. The lowest BCUT2D eigenvalue weighted by Gasteiger charge is -2.33. The van der Waals surface area contributed by atoms with Crippen LogP contribution < -0.4 is 10.6 Å². The molecule has 0 atom stereocenters. The molecule has 8 heteroatoms. The van der Waals surface area contributed by atoms with Gasteiger partial charge in [0.25, 0.3) is 11.8 Å². The fourth-order valence-corrected chi connectivity index (χ4v) is 4.34. The van der Waals surface area contributed by atoms with Crippen molar-refractivity contribution in [3.63, 3.8) is 0 Å². The van der Waals surface area contributed by atoms with Crippen LogP contribution in [0.15, 0.2) is 48.8 Å². The van der Waals surface area contributed by atoms with E-state index in [4.69, 9.17) is 0 Å². The molecule has 0 bridgehead atoms. The van der Waals surface area contributed by atoms with Crippen molar-refractivity contribution in [2.45, 2.75) is 26.7 Å². The number of amides is 3. The minimum Gasteiger partial charge on any atom is -0.355 e. The molecule has 1 saturated heterocycles. The van der Waals surface area contributed by atoms with Crippen molar-refractivity contribution in [1.82, 2.24) is 20.1 Å². The number of hydrogen-bond donors (Lipinski definition) is 2. The second-order valence-corrected chi connectivity index (χ2v) is 9.96. The Bertz CT molecular complexity index is 999. The average Bonchev–Trinajstić information content (AvgIpc) is 2.82. The van der Waals surface area contributed by atoms with Crippen molar-refractivity contribution in [2.24, 2.45) is 11.3 Å². The van der Waals surface area contributed by atoms with E-state index in [1.807, 2.05) is 14.1 Å². The van der Waals surface area contributed by atoms with Crippen molar-refractivity contribution in [3.05, 3.63) is 59.9 Å². The van der Waals surface area contributed by atoms with Crippen LogP contribution >= 0.6 is 0 Å². The van der Waals surface area contributed by atoms with E-state index in [0.29, 0.717) is 49.3 Å². The van der Waals surface area contributed by atoms with Crippen molar-refractivity contribution in [1.29, 1.82) is 0 Å².